The quantitative estimate of drug-likeness (QED) is 0.714. The fourth-order valence-electron chi connectivity index (χ4n) is 4.05. The monoisotopic (exact) mass is 396 g/mol. The number of thiophene rings is 1. The first-order chi connectivity index (χ1) is 13.2. The lowest BCUT2D eigenvalue weighted by atomic mass is 9.72. The molecule has 1 N–H and O–H groups in total. The van der Waals surface area contributed by atoms with Crippen LogP contribution in [0.2, 0.25) is 0 Å². The van der Waals surface area contributed by atoms with Gasteiger partial charge in [0.25, 0.3) is 5.56 Å². The number of benzene rings is 1. The number of aromatic carboxylic acids is 1. The zero-order valence-electron chi connectivity index (χ0n) is 16.4. The molecule has 0 saturated heterocycles. The number of aryl methyl sites for hydroxylation is 1. The minimum Gasteiger partial charge on any atom is -0.478 e. The molecule has 0 bridgehead atoms. The Morgan fingerprint density at radius 1 is 1.36 bits per heavy atom. The molecule has 3 aromatic rings. The van der Waals surface area contributed by atoms with E-state index in [4.69, 9.17) is 0 Å². The van der Waals surface area contributed by atoms with Gasteiger partial charge in [0.05, 0.1) is 23.8 Å². The van der Waals surface area contributed by atoms with Crippen molar-refractivity contribution in [2.24, 2.45) is 11.3 Å². The topological polar surface area (TPSA) is 72.2 Å². The van der Waals surface area contributed by atoms with Crippen LogP contribution in [0, 0.1) is 11.3 Å². The van der Waals surface area contributed by atoms with Crippen molar-refractivity contribution in [3.63, 3.8) is 0 Å². The van der Waals surface area contributed by atoms with Gasteiger partial charge in [0.15, 0.2) is 0 Å². The average molecular weight is 397 g/mol. The molecule has 0 amide bonds. The zero-order chi connectivity index (χ0) is 20.1. The number of rotatable bonds is 3. The fraction of sp³-hybridized carbons (Fsp3) is 0.409. The number of hydrogen-bond donors (Lipinski definition) is 1. The molecule has 2 heterocycles. The number of hydrogen-bond acceptors (Lipinski definition) is 4. The van der Waals surface area contributed by atoms with E-state index < -0.39 is 5.97 Å². The third-order valence-electron chi connectivity index (χ3n) is 5.79. The molecule has 6 heteroatoms. The molecular weight excluding hydrogens is 372 g/mol. The van der Waals surface area contributed by atoms with Crippen LogP contribution in [0.4, 0.5) is 0 Å². The largest absolute Gasteiger partial charge is 0.478 e. The maximum atomic E-state index is 13.2. The Labute approximate surface area is 167 Å². The van der Waals surface area contributed by atoms with Crippen LogP contribution < -0.4 is 5.56 Å². The van der Waals surface area contributed by atoms with E-state index in [0.717, 1.165) is 35.0 Å². The molecule has 1 aromatic carbocycles. The third-order valence-corrected chi connectivity index (χ3v) is 6.95. The van der Waals surface area contributed by atoms with Crippen molar-refractivity contribution in [2.45, 2.75) is 46.6 Å². The molecule has 0 saturated carbocycles. The first kappa shape index (κ1) is 18.9. The molecule has 0 fully saturated rings. The third kappa shape index (κ3) is 3.37. The molecule has 0 spiro atoms. The number of aromatic nitrogens is 2. The summed E-state index contributed by atoms with van der Waals surface area (Å²) in [4.78, 5) is 31.0. The van der Waals surface area contributed by atoms with E-state index in [1.165, 1.54) is 10.4 Å². The van der Waals surface area contributed by atoms with Crippen LogP contribution in [0.15, 0.2) is 35.4 Å². The van der Waals surface area contributed by atoms with Gasteiger partial charge in [-0.2, -0.15) is 0 Å². The molecule has 1 atom stereocenters. The van der Waals surface area contributed by atoms with Gasteiger partial charge in [-0.1, -0.05) is 32.9 Å². The standard InChI is InChI=1S/C22H24N2O3S/c1-22(2,3)15-7-8-16-17(10-15)28-19-18(16)20(25)24(12-23-19)11-13-5-4-6-14(9-13)21(26)27/h4-6,9,12,15H,7-8,10-11H2,1-3H3,(H,26,27). The second-order valence-electron chi connectivity index (χ2n) is 8.67. The van der Waals surface area contributed by atoms with E-state index in [0.29, 0.717) is 12.5 Å². The summed E-state index contributed by atoms with van der Waals surface area (Å²) in [6.07, 6.45) is 4.62. The van der Waals surface area contributed by atoms with Crippen LogP contribution in [0.3, 0.4) is 0 Å². The van der Waals surface area contributed by atoms with Crippen molar-refractivity contribution in [1.82, 2.24) is 9.55 Å². The Morgan fingerprint density at radius 2 is 2.14 bits per heavy atom. The van der Waals surface area contributed by atoms with Crippen LogP contribution in [0.25, 0.3) is 10.2 Å². The van der Waals surface area contributed by atoms with E-state index in [-0.39, 0.29) is 16.5 Å². The van der Waals surface area contributed by atoms with Gasteiger partial charge in [-0.15, -0.1) is 11.3 Å². The Hall–Kier alpha value is -2.47. The number of carboxylic acids is 1. The molecule has 28 heavy (non-hydrogen) atoms. The van der Waals surface area contributed by atoms with Crippen molar-refractivity contribution in [3.8, 4) is 0 Å². The van der Waals surface area contributed by atoms with Crippen molar-refractivity contribution in [1.29, 1.82) is 0 Å². The van der Waals surface area contributed by atoms with E-state index in [1.54, 1.807) is 40.4 Å². The summed E-state index contributed by atoms with van der Waals surface area (Å²) in [5, 5.41) is 9.93. The molecule has 146 valence electrons. The second-order valence-corrected chi connectivity index (χ2v) is 9.76. The molecule has 2 aromatic heterocycles. The van der Waals surface area contributed by atoms with Gasteiger partial charge in [0, 0.05) is 4.88 Å². The number of fused-ring (bicyclic) bond motifs is 3. The van der Waals surface area contributed by atoms with Gasteiger partial charge in [0.1, 0.15) is 4.83 Å². The maximum Gasteiger partial charge on any atom is 0.335 e. The SMILES string of the molecule is CC(C)(C)C1CCc2c(sc3ncn(Cc4cccc(C(=O)O)c4)c(=O)c23)C1. The van der Waals surface area contributed by atoms with Gasteiger partial charge < -0.3 is 5.11 Å². The van der Waals surface area contributed by atoms with Crippen LogP contribution in [-0.4, -0.2) is 20.6 Å². The second kappa shape index (κ2) is 6.85. The van der Waals surface area contributed by atoms with Gasteiger partial charge in [-0.05, 0) is 53.9 Å². The normalized spacial score (nSPS) is 16.9. The summed E-state index contributed by atoms with van der Waals surface area (Å²) >= 11 is 1.65. The zero-order valence-corrected chi connectivity index (χ0v) is 17.2. The Morgan fingerprint density at radius 3 is 2.86 bits per heavy atom. The van der Waals surface area contributed by atoms with Crippen LogP contribution in [0.5, 0.6) is 0 Å². The fourth-order valence-corrected chi connectivity index (χ4v) is 5.31. The maximum absolute atomic E-state index is 13.2. The summed E-state index contributed by atoms with van der Waals surface area (Å²) in [5.41, 5.74) is 2.40. The van der Waals surface area contributed by atoms with E-state index in [2.05, 4.69) is 25.8 Å². The highest BCUT2D eigenvalue weighted by molar-refractivity contribution is 7.18. The van der Waals surface area contributed by atoms with E-state index >= 15 is 0 Å². The van der Waals surface area contributed by atoms with Gasteiger partial charge >= 0.3 is 5.97 Å². The van der Waals surface area contributed by atoms with Gasteiger partial charge in [0.2, 0.25) is 0 Å². The van der Waals surface area contributed by atoms with Crippen molar-refractivity contribution >= 4 is 27.5 Å². The molecule has 4 rings (SSSR count). The van der Waals surface area contributed by atoms with Crippen LogP contribution in [-0.2, 0) is 19.4 Å². The van der Waals surface area contributed by atoms with Gasteiger partial charge in [-0.25, -0.2) is 9.78 Å². The molecule has 0 aliphatic heterocycles. The molecule has 1 unspecified atom stereocenters. The first-order valence-corrected chi connectivity index (χ1v) is 10.4. The summed E-state index contributed by atoms with van der Waals surface area (Å²) < 4.78 is 1.59. The van der Waals surface area contributed by atoms with E-state index in [1.807, 2.05) is 6.07 Å². The first-order valence-electron chi connectivity index (χ1n) is 9.56. The minimum atomic E-state index is -0.969. The highest BCUT2D eigenvalue weighted by atomic mass is 32.1. The summed E-state index contributed by atoms with van der Waals surface area (Å²) in [6, 6.07) is 6.70. The minimum absolute atomic E-state index is 0.0302. The lowest BCUT2D eigenvalue weighted by Crippen LogP contribution is -2.27. The Kier molecular flexibility index (Phi) is 4.62. The lowest BCUT2D eigenvalue weighted by molar-refractivity contribution is 0.0696. The van der Waals surface area contributed by atoms with E-state index in [9.17, 15) is 14.7 Å². The number of carboxylic acid groups (broad SMARTS) is 1. The Bertz CT molecular complexity index is 1120. The smallest absolute Gasteiger partial charge is 0.335 e. The van der Waals surface area contributed by atoms with Gasteiger partial charge in [-0.3, -0.25) is 9.36 Å². The van der Waals surface area contributed by atoms with Crippen molar-refractivity contribution in [2.75, 3.05) is 0 Å². The predicted molar refractivity (Wildman–Crippen MR) is 111 cm³/mol. The lowest BCUT2D eigenvalue weighted by Gasteiger charge is -2.33. The van der Waals surface area contributed by atoms with Crippen molar-refractivity contribution < 1.29 is 9.90 Å². The summed E-state index contributed by atoms with van der Waals surface area (Å²) in [6.45, 7) is 7.17. The highest BCUT2D eigenvalue weighted by Gasteiger charge is 2.31. The predicted octanol–water partition coefficient (Wildman–Crippen LogP) is 4.36. The molecule has 1 aliphatic rings. The van der Waals surface area contributed by atoms with Crippen LogP contribution in [0.1, 0.15) is 53.6 Å². The molecule has 5 nitrogen and oxygen atoms in total. The summed E-state index contributed by atoms with van der Waals surface area (Å²) in [5.74, 6) is -0.350. The molecule has 1 aliphatic carbocycles. The van der Waals surface area contributed by atoms with Crippen LogP contribution >= 0.6 is 11.3 Å². The number of carbonyl (C=O) groups is 1. The highest BCUT2D eigenvalue weighted by Crippen LogP contribution is 2.41. The molecule has 0 radical (unpaired) electrons. The van der Waals surface area contributed by atoms with Crippen molar-refractivity contribution in [3.05, 3.63) is 62.5 Å². The average Bonchev–Trinajstić information content (AvgIpc) is 3.02. The molecular formula is C22H24N2O3S. The number of nitrogens with zero attached hydrogens (tertiary/aromatic N) is 2. The Balaban J connectivity index is 1.71. The summed E-state index contributed by atoms with van der Waals surface area (Å²) in [7, 11) is 0.